The van der Waals surface area contributed by atoms with Gasteiger partial charge in [-0.2, -0.15) is 8.42 Å². The topological polar surface area (TPSA) is 315 Å². The molecule has 81 heavy (non-hydrogen) atoms. The molecule has 0 saturated carbocycles. The van der Waals surface area contributed by atoms with Crippen LogP contribution >= 0.6 is 22.9 Å². The van der Waals surface area contributed by atoms with Crippen molar-refractivity contribution in [1.29, 1.82) is 0 Å². The Bertz CT molecular complexity index is 3300. The van der Waals surface area contributed by atoms with Gasteiger partial charge in [0, 0.05) is 37.0 Å². The Morgan fingerprint density at radius 2 is 1.49 bits per heavy atom. The van der Waals surface area contributed by atoms with Gasteiger partial charge in [0.2, 0.25) is 11.4 Å². The van der Waals surface area contributed by atoms with Crippen LogP contribution in [-0.2, 0) is 52.2 Å². The second kappa shape index (κ2) is 24.8. The van der Waals surface area contributed by atoms with Gasteiger partial charge in [-0.05, 0) is 109 Å². The van der Waals surface area contributed by atoms with Gasteiger partial charge in [0.15, 0.2) is 22.3 Å². The summed E-state index contributed by atoms with van der Waals surface area (Å²) in [7, 11) is -2.12. The fourth-order valence-corrected chi connectivity index (χ4v) is 9.80. The fourth-order valence-electron chi connectivity index (χ4n) is 7.95. The lowest BCUT2D eigenvalue weighted by molar-refractivity contribution is -0.179. The van der Waals surface area contributed by atoms with Crippen molar-refractivity contribution in [2.24, 2.45) is 5.16 Å². The molecule has 5 aromatic rings. The lowest BCUT2D eigenvalue weighted by atomic mass is 9.98. The molecular weight excluding hydrogens is 1120 g/mol. The Hall–Kier alpha value is -8.01. The third-order valence-corrected chi connectivity index (χ3v) is 14.1. The average molecular weight is 1180 g/mol. The number of methoxy groups -OCH3 is 2. The minimum Gasteiger partial charge on any atom is -0.497 e. The summed E-state index contributed by atoms with van der Waals surface area (Å²) in [6.07, 6.45) is -0.462. The van der Waals surface area contributed by atoms with Crippen molar-refractivity contribution in [1.82, 2.24) is 30.0 Å². The van der Waals surface area contributed by atoms with Crippen molar-refractivity contribution in [2.45, 2.75) is 110 Å². The number of carbonyl (C=O) groups is 6. The van der Waals surface area contributed by atoms with E-state index in [0.29, 0.717) is 29.4 Å². The molecule has 3 atom stereocenters. The third kappa shape index (κ3) is 15.5. The average Bonchev–Trinajstić information content (AvgIpc) is 4.17. The predicted molar refractivity (Wildman–Crippen MR) is 292 cm³/mol. The molecule has 25 nitrogen and oxygen atoms in total. The van der Waals surface area contributed by atoms with E-state index < -0.39 is 93.1 Å². The molecule has 0 radical (unpaired) electrons. The molecule has 2 fully saturated rings. The summed E-state index contributed by atoms with van der Waals surface area (Å²) in [5, 5.41) is 16.5. The second-order valence-corrected chi connectivity index (χ2v) is 23.5. The first kappa shape index (κ1) is 60.6. The summed E-state index contributed by atoms with van der Waals surface area (Å²) < 4.78 is 74.0. The highest BCUT2D eigenvalue weighted by molar-refractivity contribution is 7.84. The van der Waals surface area contributed by atoms with Crippen molar-refractivity contribution >= 4 is 79.8 Å². The highest BCUT2D eigenvalue weighted by Gasteiger charge is 2.54. The maximum atomic E-state index is 14.2. The number of ether oxygens (including phenoxy) is 6. The summed E-state index contributed by atoms with van der Waals surface area (Å²) in [6, 6.07) is 15.7. The van der Waals surface area contributed by atoms with E-state index in [1.807, 2.05) is 24.3 Å². The predicted octanol–water partition coefficient (Wildman–Crippen LogP) is 6.71. The van der Waals surface area contributed by atoms with E-state index in [1.54, 1.807) is 97.1 Å². The van der Waals surface area contributed by atoms with E-state index in [2.05, 4.69) is 31.2 Å². The lowest BCUT2D eigenvalue weighted by Gasteiger charge is -2.44. The van der Waals surface area contributed by atoms with E-state index >= 15 is 0 Å². The molecule has 0 aliphatic carbocycles. The van der Waals surface area contributed by atoms with E-state index in [1.165, 1.54) is 25.3 Å². The molecule has 2 aliphatic heterocycles. The van der Waals surface area contributed by atoms with Gasteiger partial charge in [-0.25, -0.2) is 18.9 Å². The van der Waals surface area contributed by atoms with Gasteiger partial charge in [-0.1, -0.05) is 46.2 Å². The van der Waals surface area contributed by atoms with Crippen molar-refractivity contribution in [3.8, 4) is 23.0 Å². The van der Waals surface area contributed by atoms with E-state index in [0.717, 1.165) is 22.5 Å². The molecule has 0 bridgehead atoms. The van der Waals surface area contributed by atoms with Crippen LogP contribution in [0, 0.1) is 0 Å². The number of esters is 1. The van der Waals surface area contributed by atoms with Crippen LogP contribution in [0.25, 0.3) is 0 Å². The summed E-state index contributed by atoms with van der Waals surface area (Å²) in [5.74, 6) is -3.63. The van der Waals surface area contributed by atoms with Crippen molar-refractivity contribution < 1.29 is 79.5 Å². The molecule has 0 unspecified atom stereocenters. The van der Waals surface area contributed by atoms with Gasteiger partial charge in [0.25, 0.3) is 23.6 Å². The van der Waals surface area contributed by atoms with Gasteiger partial charge in [0.05, 0.1) is 36.5 Å². The van der Waals surface area contributed by atoms with Gasteiger partial charge in [-0.3, -0.25) is 29.0 Å². The number of thiazole rings is 1. The van der Waals surface area contributed by atoms with Gasteiger partial charge in [-0.15, -0.1) is 11.3 Å². The summed E-state index contributed by atoms with van der Waals surface area (Å²) in [4.78, 5) is 92.0. The highest BCUT2D eigenvalue weighted by Crippen LogP contribution is 2.40. The van der Waals surface area contributed by atoms with Crippen LogP contribution in [0.1, 0.15) is 111 Å². The van der Waals surface area contributed by atoms with Crippen molar-refractivity contribution in [3.63, 3.8) is 0 Å². The number of β-lactam (4-membered cyclic amide) rings is 1. The number of nitrogens with one attached hydrogen (secondary N) is 3. The first-order valence-corrected chi connectivity index (χ1v) is 27.6. The number of aromatic nitrogens is 2. The fraction of sp³-hybridized carbons (Fsp3) is 0.415. The minimum atomic E-state index is -5.26. The van der Waals surface area contributed by atoms with E-state index in [9.17, 15) is 41.7 Å². The number of halogens is 1. The molecule has 4 heterocycles. The van der Waals surface area contributed by atoms with Crippen LogP contribution in [0.5, 0.6) is 23.0 Å². The maximum absolute atomic E-state index is 14.2. The van der Waals surface area contributed by atoms with Gasteiger partial charge < -0.3 is 53.3 Å². The number of rotatable bonds is 21. The quantitative estimate of drug-likeness (QED) is 0.0195. The number of benzene rings is 3. The minimum absolute atomic E-state index is 0.0248. The molecule has 5 amide bonds. The third-order valence-electron chi connectivity index (χ3n) is 12.0. The zero-order chi connectivity index (χ0) is 59.2. The molecule has 28 heteroatoms. The zero-order valence-electron chi connectivity index (χ0n) is 45.8. The number of anilines is 1. The van der Waals surface area contributed by atoms with Gasteiger partial charge in [0.1, 0.15) is 47.7 Å². The summed E-state index contributed by atoms with van der Waals surface area (Å²) in [6.45, 7) is 12.4. The molecule has 434 valence electrons. The lowest BCUT2D eigenvalue weighted by Crippen LogP contribution is -2.74. The van der Waals surface area contributed by atoms with Crippen LogP contribution in [0.4, 0.5) is 9.93 Å². The molecule has 0 spiro atoms. The zero-order valence-corrected chi connectivity index (χ0v) is 48.2. The van der Waals surface area contributed by atoms with E-state index in [-0.39, 0.29) is 63.5 Å². The van der Waals surface area contributed by atoms with Crippen LogP contribution in [-0.4, -0.2) is 136 Å². The first-order chi connectivity index (χ1) is 38.0. The number of carbonyl (C=O) groups excluding carboxylic acids is 6. The summed E-state index contributed by atoms with van der Waals surface area (Å²) in [5.41, 5.74) is -2.40. The molecule has 3 aromatic carbocycles. The van der Waals surface area contributed by atoms with Crippen molar-refractivity contribution in [3.05, 3.63) is 111 Å². The van der Waals surface area contributed by atoms with Gasteiger partial charge >= 0.3 is 22.4 Å². The summed E-state index contributed by atoms with van der Waals surface area (Å²) >= 11 is 7.83. The smallest absolute Gasteiger partial charge is 0.413 e. The monoisotopic (exact) mass is 1180 g/mol. The first-order valence-electron chi connectivity index (χ1n) is 25.0. The molecule has 2 saturated heterocycles. The Morgan fingerprint density at radius 1 is 0.877 bits per heavy atom. The highest BCUT2D eigenvalue weighted by atomic mass is 35.5. The molecule has 2 aromatic heterocycles. The molecule has 7 rings (SSSR count). The van der Waals surface area contributed by atoms with Crippen LogP contribution in [0.15, 0.2) is 81.8 Å². The number of hydrogen-bond acceptors (Lipinski definition) is 20. The number of oxime groups is 1. The second-order valence-electron chi connectivity index (χ2n) is 20.9. The van der Waals surface area contributed by atoms with E-state index in [4.69, 9.17) is 49.4 Å². The van der Waals surface area contributed by atoms with Crippen molar-refractivity contribution in [2.75, 3.05) is 39.2 Å². The number of nitrogens with zero attached hydrogens (tertiary/aromatic N) is 5. The van der Waals surface area contributed by atoms with Crippen LogP contribution in [0.3, 0.4) is 0 Å². The van der Waals surface area contributed by atoms with Crippen LogP contribution in [0.2, 0.25) is 5.02 Å². The Morgan fingerprint density at radius 3 is 2.09 bits per heavy atom. The SMILES string of the molecule is COc1ccc(COc2ccc(C(=O)N3CC[C@@H](c4cc(C(=O)NC[C@@H]5[C@H](NC(=O)/C(=N\OC(C)(C)C(=O)OC(C)(C)C)c6csc(NC(=O)OC(C)(C)C)n6)C(=O)N5S(=O)(=O)O)on4)C3)c(Cl)c2OCc2ccc(OC)cc2)cc1. The normalized spacial score (nSPS) is 16.7. The molecule has 2 aliphatic rings. The number of likely N-dealkylation sites (tertiary alicyclic amines) is 1. The van der Waals surface area contributed by atoms with Crippen LogP contribution < -0.4 is 34.9 Å². The molecule has 4 N–H and O–H groups in total. The largest absolute Gasteiger partial charge is 0.497 e. The maximum Gasteiger partial charge on any atom is 0.413 e. The Kier molecular flexibility index (Phi) is 18.6. The number of amides is 5. The standard InChI is InChI=1S/C53H61ClN8O17S2/c1-51(2,3)76-48(67)53(7,8)79-60-41(36-28-80-49(56-36)58-50(68)77-52(4,5)6)45(64)57-42-37(62(47(42)66)81(69,70)71)24-55-44(63)39-23-35(59-78-39)31-21-22-61(25-31)46(65)34-19-20-38(74-26-29-11-15-32(72-9)16-12-29)43(40(34)54)75-27-30-13-17-33(73-10)18-14-30/h11-20,23,28,31,37,42H,21-22,24-27H2,1-10H3,(H,55,63)(H,57,64)(H,56,58,68)(H,69,70,71)/b60-41-/t31-,37-,42+/m1/s1. The molecular formula is C53H61ClN8O17S2. The number of hydrogen-bond donors (Lipinski definition) is 4. The Balaban J connectivity index is 1.03. The Labute approximate surface area is 475 Å².